The van der Waals surface area contributed by atoms with Crippen LogP contribution in [0, 0.1) is 6.92 Å². The van der Waals surface area contributed by atoms with Crippen molar-refractivity contribution in [2.75, 3.05) is 23.3 Å². The van der Waals surface area contributed by atoms with Crippen LogP contribution in [0.1, 0.15) is 25.0 Å². The van der Waals surface area contributed by atoms with Gasteiger partial charge in [0.2, 0.25) is 5.95 Å². The van der Waals surface area contributed by atoms with Crippen LogP contribution in [0.3, 0.4) is 0 Å². The Morgan fingerprint density at radius 3 is 2.55 bits per heavy atom. The largest absolute Gasteiger partial charge is 0.354 e. The topological polar surface area (TPSA) is 41.1 Å². The van der Waals surface area contributed by atoms with Crippen molar-refractivity contribution in [2.45, 2.75) is 27.3 Å². The zero-order chi connectivity index (χ0) is 14.4. The number of nitrogens with one attached hydrogen (secondary N) is 1. The van der Waals surface area contributed by atoms with Crippen molar-refractivity contribution < 1.29 is 0 Å². The van der Waals surface area contributed by atoms with E-state index in [-0.39, 0.29) is 0 Å². The first-order valence-corrected chi connectivity index (χ1v) is 7.11. The summed E-state index contributed by atoms with van der Waals surface area (Å²) in [5.74, 6) is 1.70. The Kier molecular flexibility index (Phi) is 4.93. The number of nitrogens with zero attached hydrogens (tertiary/aromatic N) is 3. The fraction of sp³-hybridized carbons (Fsp3) is 0.375. The van der Waals surface area contributed by atoms with Crippen molar-refractivity contribution in [3.8, 4) is 0 Å². The maximum absolute atomic E-state index is 4.63. The number of hydrogen-bond donors (Lipinski definition) is 1. The molecule has 1 aromatic carbocycles. The molecule has 0 saturated carbocycles. The first kappa shape index (κ1) is 14.3. The second-order valence-electron chi connectivity index (χ2n) is 4.73. The van der Waals surface area contributed by atoms with E-state index < -0.39 is 0 Å². The predicted octanol–water partition coefficient (Wildman–Crippen LogP) is 3.24. The van der Waals surface area contributed by atoms with Crippen molar-refractivity contribution in [3.05, 3.63) is 47.7 Å². The molecule has 1 aromatic heterocycles. The van der Waals surface area contributed by atoms with E-state index in [1.807, 2.05) is 19.2 Å². The zero-order valence-electron chi connectivity index (χ0n) is 12.4. The van der Waals surface area contributed by atoms with E-state index in [0.717, 1.165) is 31.0 Å². The van der Waals surface area contributed by atoms with Crippen LogP contribution in [0.4, 0.5) is 11.8 Å². The third-order valence-corrected chi connectivity index (χ3v) is 3.18. The van der Waals surface area contributed by atoms with Gasteiger partial charge in [-0.3, -0.25) is 0 Å². The van der Waals surface area contributed by atoms with Gasteiger partial charge in [-0.2, -0.15) is 4.98 Å². The SMILES string of the molecule is CCNc1ncc(C)c(N(CC)Cc2ccccc2)n1. The summed E-state index contributed by atoms with van der Waals surface area (Å²) in [5.41, 5.74) is 2.39. The average molecular weight is 270 g/mol. The standard InChI is InChI=1S/C16H22N4/c1-4-17-16-18-11-13(3)15(19-16)20(5-2)12-14-9-7-6-8-10-14/h6-11H,4-5,12H2,1-3H3,(H,17,18,19). The Morgan fingerprint density at radius 2 is 1.90 bits per heavy atom. The number of rotatable bonds is 6. The number of benzene rings is 1. The lowest BCUT2D eigenvalue weighted by Gasteiger charge is -2.24. The van der Waals surface area contributed by atoms with Gasteiger partial charge in [-0.1, -0.05) is 30.3 Å². The lowest BCUT2D eigenvalue weighted by Crippen LogP contribution is -2.24. The van der Waals surface area contributed by atoms with Crippen molar-refractivity contribution in [3.63, 3.8) is 0 Å². The fourth-order valence-electron chi connectivity index (χ4n) is 2.14. The van der Waals surface area contributed by atoms with E-state index in [1.165, 1.54) is 5.56 Å². The lowest BCUT2D eigenvalue weighted by atomic mass is 10.2. The third-order valence-electron chi connectivity index (χ3n) is 3.18. The van der Waals surface area contributed by atoms with E-state index >= 15 is 0 Å². The molecule has 2 rings (SSSR count). The van der Waals surface area contributed by atoms with Crippen molar-refractivity contribution in [1.29, 1.82) is 0 Å². The maximum atomic E-state index is 4.63. The number of aromatic nitrogens is 2. The summed E-state index contributed by atoms with van der Waals surface area (Å²) in [6.07, 6.45) is 1.88. The molecule has 2 aromatic rings. The minimum Gasteiger partial charge on any atom is -0.354 e. The average Bonchev–Trinajstić information content (AvgIpc) is 2.48. The third kappa shape index (κ3) is 3.47. The highest BCUT2D eigenvalue weighted by Gasteiger charge is 2.11. The van der Waals surface area contributed by atoms with Crippen LogP contribution in [0.2, 0.25) is 0 Å². The highest BCUT2D eigenvalue weighted by Crippen LogP contribution is 2.20. The molecular weight excluding hydrogens is 248 g/mol. The van der Waals surface area contributed by atoms with Gasteiger partial charge in [-0.15, -0.1) is 0 Å². The summed E-state index contributed by atoms with van der Waals surface area (Å²) < 4.78 is 0. The minimum absolute atomic E-state index is 0.694. The lowest BCUT2D eigenvalue weighted by molar-refractivity contribution is 0.804. The fourth-order valence-corrected chi connectivity index (χ4v) is 2.14. The van der Waals surface area contributed by atoms with E-state index in [1.54, 1.807) is 0 Å². The van der Waals surface area contributed by atoms with Crippen LogP contribution in [0.5, 0.6) is 0 Å². The molecule has 0 radical (unpaired) electrons. The molecule has 0 spiro atoms. The molecule has 0 unspecified atom stereocenters. The smallest absolute Gasteiger partial charge is 0.224 e. The molecule has 0 atom stereocenters. The van der Waals surface area contributed by atoms with Crippen molar-refractivity contribution in [2.24, 2.45) is 0 Å². The van der Waals surface area contributed by atoms with Crippen LogP contribution in [-0.2, 0) is 6.54 Å². The Morgan fingerprint density at radius 1 is 1.15 bits per heavy atom. The predicted molar refractivity (Wildman–Crippen MR) is 84.1 cm³/mol. The monoisotopic (exact) mass is 270 g/mol. The molecule has 20 heavy (non-hydrogen) atoms. The summed E-state index contributed by atoms with van der Waals surface area (Å²) >= 11 is 0. The summed E-state index contributed by atoms with van der Waals surface area (Å²) in [7, 11) is 0. The molecule has 1 N–H and O–H groups in total. The molecule has 0 bridgehead atoms. The Balaban J connectivity index is 2.24. The van der Waals surface area contributed by atoms with Gasteiger partial charge >= 0.3 is 0 Å². The van der Waals surface area contributed by atoms with Crippen LogP contribution in [-0.4, -0.2) is 23.1 Å². The molecule has 4 heteroatoms. The van der Waals surface area contributed by atoms with Gasteiger partial charge in [-0.25, -0.2) is 4.98 Å². The summed E-state index contributed by atoms with van der Waals surface area (Å²) in [6, 6.07) is 10.5. The summed E-state index contributed by atoms with van der Waals surface area (Å²) in [6.45, 7) is 8.85. The zero-order valence-corrected chi connectivity index (χ0v) is 12.4. The summed E-state index contributed by atoms with van der Waals surface area (Å²) in [5, 5.41) is 3.17. The molecule has 1 heterocycles. The normalized spacial score (nSPS) is 10.3. The molecule has 0 aliphatic carbocycles. The second-order valence-corrected chi connectivity index (χ2v) is 4.73. The Hall–Kier alpha value is -2.10. The highest BCUT2D eigenvalue weighted by atomic mass is 15.2. The van der Waals surface area contributed by atoms with E-state index in [4.69, 9.17) is 0 Å². The second kappa shape index (κ2) is 6.89. The van der Waals surface area contributed by atoms with Crippen LogP contribution in [0.25, 0.3) is 0 Å². The molecular formula is C16H22N4. The highest BCUT2D eigenvalue weighted by molar-refractivity contribution is 5.49. The quantitative estimate of drug-likeness (QED) is 0.875. The molecule has 0 aliphatic heterocycles. The molecule has 0 saturated heterocycles. The molecule has 0 fully saturated rings. The van der Waals surface area contributed by atoms with Gasteiger partial charge in [0.05, 0.1) is 0 Å². The number of anilines is 2. The van der Waals surface area contributed by atoms with Crippen LogP contribution < -0.4 is 10.2 Å². The van der Waals surface area contributed by atoms with Gasteiger partial charge in [-0.05, 0) is 26.3 Å². The van der Waals surface area contributed by atoms with Gasteiger partial charge in [0, 0.05) is 31.4 Å². The first-order chi connectivity index (χ1) is 9.74. The van der Waals surface area contributed by atoms with E-state index in [2.05, 4.69) is 58.3 Å². The van der Waals surface area contributed by atoms with Crippen LogP contribution in [0.15, 0.2) is 36.5 Å². The minimum atomic E-state index is 0.694. The Labute approximate surface area is 120 Å². The van der Waals surface area contributed by atoms with Gasteiger partial charge in [0.25, 0.3) is 0 Å². The maximum Gasteiger partial charge on any atom is 0.224 e. The molecule has 0 aliphatic rings. The Bertz CT molecular complexity index is 539. The van der Waals surface area contributed by atoms with Gasteiger partial charge < -0.3 is 10.2 Å². The molecule has 0 amide bonds. The first-order valence-electron chi connectivity index (χ1n) is 7.11. The van der Waals surface area contributed by atoms with Crippen molar-refractivity contribution in [1.82, 2.24) is 9.97 Å². The molecule has 4 nitrogen and oxygen atoms in total. The summed E-state index contributed by atoms with van der Waals surface area (Å²) in [4.78, 5) is 11.2. The van der Waals surface area contributed by atoms with Gasteiger partial charge in [0.1, 0.15) is 5.82 Å². The van der Waals surface area contributed by atoms with Crippen LogP contribution >= 0.6 is 0 Å². The van der Waals surface area contributed by atoms with E-state index in [9.17, 15) is 0 Å². The molecule has 106 valence electrons. The number of hydrogen-bond acceptors (Lipinski definition) is 4. The number of aryl methyl sites for hydroxylation is 1. The van der Waals surface area contributed by atoms with Gasteiger partial charge in [0.15, 0.2) is 0 Å². The van der Waals surface area contributed by atoms with E-state index in [0.29, 0.717) is 5.95 Å². The van der Waals surface area contributed by atoms with Crippen molar-refractivity contribution >= 4 is 11.8 Å².